The van der Waals surface area contributed by atoms with Gasteiger partial charge < -0.3 is 10.0 Å². The van der Waals surface area contributed by atoms with Gasteiger partial charge in [0.05, 0.1) is 11.0 Å². The predicted molar refractivity (Wildman–Crippen MR) is 75.6 cm³/mol. The summed E-state index contributed by atoms with van der Waals surface area (Å²) in [4.78, 5) is 12.9. The molecule has 0 radical (unpaired) electrons. The summed E-state index contributed by atoms with van der Waals surface area (Å²) in [6, 6.07) is 5.98. The van der Waals surface area contributed by atoms with Crippen LogP contribution >= 0.6 is 0 Å². The van der Waals surface area contributed by atoms with Gasteiger partial charge in [0.1, 0.15) is 0 Å². The summed E-state index contributed by atoms with van der Waals surface area (Å²) < 4.78 is 26.3. The summed E-state index contributed by atoms with van der Waals surface area (Å²) in [7, 11) is -0.393. The summed E-state index contributed by atoms with van der Waals surface area (Å²) in [5.41, 5.74) is 0.645. The number of nitrogens with zero attached hydrogens (tertiary/aromatic N) is 1. The Hall–Kier alpha value is -1.44. The molecule has 0 saturated heterocycles. The molecule has 112 valence electrons. The van der Waals surface area contributed by atoms with Crippen LogP contribution in [0.15, 0.2) is 29.2 Å². The van der Waals surface area contributed by atoms with Crippen LogP contribution in [0.2, 0.25) is 0 Å². The number of aliphatic hydroxyl groups excluding tert-OH is 1. The molecule has 1 rings (SSSR count). The van der Waals surface area contributed by atoms with Crippen molar-refractivity contribution < 1.29 is 18.3 Å². The van der Waals surface area contributed by atoms with Crippen LogP contribution in [0.5, 0.6) is 0 Å². The highest BCUT2D eigenvalue weighted by atomic mass is 32.2. The van der Waals surface area contributed by atoms with E-state index in [1.54, 1.807) is 33.2 Å². The van der Waals surface area contributed by atoms with Gasteiger partial charge in [0.15, 0.2) is 0 Å². The molecule has 0 saturated carbocycles. The fourth-order valence-electron chi connectivity index (χ4n) is 1.52. The Balaban J connectivity index is 2.67. The monoisotopic (exact) mass is 300 g/mol. The third kappa shape index (κ3) is 4.59. The first-order valence-electron chi connectivity index (χ1n) is 6.22. The highest BCUT2D eigenvalue weighted by Gasteiger charge is 2.15. The van der Waals surface area contributed by atoms with E-state index in [9.17, 15) is 18.3 Å². The van der Waals surface area contributed by atoms with Crippen molar-refractivity contribution in [1.29, 1.82) is 0 Å². The lowest BCUT2D eigenvalue weighted by Crippen LogP contribution is -2.30. The van der Waals surface area contributed by atoms with Gasteiger partial charge in [0.2, 0.25) is 15.9 Å². The van der Waals surface area contributed by atoms with E-state index in [-0.39, 0.29) is 23.8 Å². The number of sulfonamides is 1. The number of nitrogens with one attached hydrogen (secondary N) is 1. The SMILES string of the molecule is CC(O)c1ccc(S(=O)(=O)NCCC(=O)N(C)C)cc1. The van der Waals surface area contributed by atoms with Gasteiger partial charge in [-0.3, -0.25) is 4.79 Å². The number of hydrogen-bond acceptors (Lipinski definition) is 4. The Morgan fingerprint density at radius 3 is 2.30 bits per heavy atom. The summed E-state index contributed by atoms with van der Waals surface area (Å²) in [5, 5.41) is 9.36. The topological polar surface area (TPSA) is 86.7 Å². The van der Waals surface area contributed by atoms with Crippen LogP contribution < -0.4 is 4.72 Å². The maximum Gasteiger partial charge on any atom is 0.240 e. The van der Waals surface area contributed by atoms with E-state index in [4.69, 9.17) is 0 Å². The molecular weight excluding hydrogens is 280 g/mol. The van der Waals surface area contributed by atoms with E-state index < -0.39 is 16.1 Å². The van der Waals surface area contributed by atoms with E-state index in [1.165, 1.54) is 17.0 Å². The Bertz CT molecular complexity index is 550. The minimum Gasteiger partial charge on any atom is -0.389 e. The van der Waals surface area contributed by atoms with Gasteiger partial charge in [-0.2, -0.15) is 0 Å². The van der Waals surface area contributed by atoms with Gasteiger partial charge in [0, 0.05) is 27.1 Å². The predicted octanol–water partition coefficient (Wildman–Crippen LogP) is 0.496. The number of benzene rings is 1. The second kappa shape index (κ2) is 6.83. The third-order valence-electron chi connectivity index (χ3n) is 2.80. The molecule has 0 fully saturated rings. The molecule has 1 unspecified atom stereocenters. The average Bonchev–Trinajstić information content (AvgIpc) is 2.38. The second-order valence-electron chi connectivity index (χ2n) is 4.68. The minimum absolute atomic E-state index is 0.0531. The average molecular weight is 300 g/mol. The van der Waals surface area contributed by atoms with Crippen LogP contribution in [0.4, 0.5) is 0 Å². The first-order valence-corrected chi connectivity index (χ1v) is 7.70. The number of carbonyl (C=O) groups is 1. The number of carbonyl (C=O) groups excluding carboxylic acids is 1. The highest BCUT2D eigenvalue weighted by Crippen LogP contribution is 2.15. The fourth-order valence-corrected chi connectivity index (χ4v) is 2.56. The molecule has 0 heterocycles. The minimum atomic E-state index is -3.63. The van der Waals surface area contributed by atoms with E-state index >= 15 is 0 Å². The van der Waals surface area contributed by atoms with Crippen LogP contribution in [-0.2, 0) is 14.8 Å². The van der Waals surface area contributed by atoms with Gasteiger partial charge in [-0.1, -0.05) is 12.1 Å². The van der Waals surface area contributed by atoms with Crippen molar-refractivity contribution in [2.24, 2.45) is 0 Å². The lowest BCUT2D eigenvalue weighted by molar-refractivity contribution is -0.128. The molecule has 7 heteroatoms. The highest BCUT2D eigenvalue weighted by molar-refractivity contribution is 7.89. The Kier molecular flexibility index (Phi) is 5.67. The standard InChI is InChI=1S/C13H20N2O4S/c1-10(16)11-4-6-12(7-5-11)20(18,19)14-9-8-13(17)15(2)3/h4-7,10,14,16H,8-9H2,1-3H3. The second-order valence-corrected chi connectivity index (χ2v) is 6.45. The molecule has 0 spiro atoms. The maximum absolute atomic E-state index is 12.0. The summed E-state index contributed by atoms with van der Waals surface area (Å²) >= 11 is 0. The van der Waals surface area contributed by atoms with Crippen LogP contribution in [0.25, 0.3) is 0 Å². The lowest BCUT2D eigenvalue weighted by atomic mass is 10.1. The zero-order valence-corrected chi connectivity index (χ0v) is 12.6. The Labute approximate surface area is 119 Å². The molecule has 2 N–H and O–H groups in total. The lowest BCUT2D eigenvalue weighted by Gasteiger charge is -2.11. The van der Waals surface area contributed by atoms with Crippen LogP contribution in [0, 0.1) is 0 Å². The van der Waals surface area contributed by atoms with E-state index in [2.05, 4.69) is 4.72 Å². The van der Waals surface area contributed by atoms with Crippen LogP contribution in [0.3, 0.4) is 0 Å². The number of hydrogen-bond donors (Lipinski definition) is 2. The Morgan fingerprint density at radius 1 is 1.30 bits per heavy atom. The van der Waals surface area contributed by atoms with Gasteiger partial charge in [-0.25, -0.2) is 13.1 Å². The molecule has 1 aromatic rings. The molecule has 6 nitrogen and oxygen atoms in total. The number of amides is 1. The molecule has 0 aliphatic rings. The third-order valence-corrected chi connectivity index (χ3v) is 4.28. The Morgan fingerprint density at radius 2 is 1.85 bits per heavy atom. The number of aliphatic hydroxyl groups is 1. The fraction of sp³-hybridized carbons (Fsp3) is 0.462. The van der Waals surface area contributed by atoms with Crippen molar-refractivity contribution in [2.45, 2.75) is 24.3 Å². The smallest absolute Gasteiger partial charge is 0.240 e. The van der Waals surface area contributed by atoms with Gasteiger partial charge >= 0.3 is 0 Å². The molecule has 0 aromatic heterocycles. The normalized spacial score (nSPS) is 13.0. The molecule has 20 heavy (non-hydrogen) atoms. The number of rotatable bonds is 6. The maximum atomic E-state index is 12.0. The van der Waals surface area contributed by atoms with E-state index in [1.807, 2.05) is 0 Å². The zero-order valence-electron chi connectivity index (χ0n) is 11.8. The van der Waals surface area contributed by atoms with E-state index in [0.717, 1.165) is 0 Å². The summed E-state index contributed by atoms with van der Waals surface area (Å²) in [6.07, 6.45) is -0.532. The molecular formula is C13H20N2O4S. The first-order chi connectivity index (χ1) is 9.24. The molecule has 1 atom stereocenters. The van der Waals surface area contributed by atoms with Crippen molar-refractivity contribution in [3.8, 4) is 0 Å². The van der Waals surface area contributed by atoms with Crippen molar-refractivity contribution in [1.82, 2.24) is 9.62 Å². The van der Waals surface area contributed by atoms with Gasteiger partial charge in [-0.05, 0) is 24.6 Å². The zero-order chi connectivity index (χ0) is 15.3. The molecule has 0 bridgehead atoms. The summed E-state index contributed by atoms with van der Waals surface area (Å²) in [5.74, 6) is -0.142. The van der Waals surface area contributed by atoms with Gasteiger partial charge in [-0.15, -0.1) is 0 Å². The molecule has 1 amide bonds. The van der Waals surface area contributed by atoms with Crippen LogP contribution in [-0.4, -0.2) is 45.0 Å². The van der Waals surface area contributed by atoms with Crippen molar-refractivity contribution in [3.05, 3.63) is 29.8 Å². The van der Waals surface area contributed by atoms with Crippen molar-refractivity contribution in [2.75, 3.05) is 20.6 Å². The van der Waals surface area contributed by atoms with Crippen LogP contribution in [0.1, 0.15) is 25.0 Å². The largest absolute Gasteiger partial charge is 0.389 e. The van der Waals surface area contributed by atoms with Crippen molar-refractivity contribution >= 4 is 15.9 Å². The van der Waals surface area contributed by atoms with Gasteiger partial charge in [0.25, 0.3) is 0 Å². The van der Waals surface area contributed by atoms with E-state index in [0.29, 0.717) is 5.56 Å². The van der Waals surface area contributed by atoms with Crippen molar-refractivity contribution in [3.63, 3.8) is 0 Å². The quantitative estimate of drug-likeness (QED) is 0.801. The summed E-state index contributed by atoms with van der Waals surface area (Å²) in [6.45, 7) is 1.66. The first kappa shape index (κ1) is 16.6. The molecule has 0 aliphatic heterocycles. The molecule has 1 aromatic carbocycles. The molecule has 0 aliphatic carbocycles.